The van der Waals surface area contributed by atoms with Crippen molar-refractivity contribution in [3.8, 4) is 11.5 Å². The molecule has 2 saturated heterocycles. The van der Waals surface area contributed by atoms with E-state index in [0.717, 1.165) is 32.0 Å². The maximum Gasteiger partial charge on any atom is 0.324 e. The molecule has 0 atom stereocenters. The second-order valence-corrected chi connectivity index (χ2v) is 8.85. The number of halogens is 3. The average molecular weight is 471 g/mol. The van der Waals surface area contributed by atoms with Gasteiger partial charge in [0.05, 0.1) is 6.54 Å². The Labute approximate surface area is 194 Å². The second kappa shape index (κ2) is 9.09. The lowest BCUT2D eigenvalue weighted by Gasteiger charge is -2.48. The molecule has 1 spiro atoms. The summed E-state index contributed by atoms with van der Waals surface area (Å²) in [6.07, 6.45) is -1.01. The summed E-state index contributed by atoms with van der Waals surface area (Å²) in [5.41, 5.74) is 1.44. The number of carbonyl (C=O) groups excluding carboxylic acids is 1. The molecule has 3 aromatic rings. The minimum Gasteiger partial charge on any atom is -0.415 e. The lowest BCUT2D eigenvalue weighted by Crippen LogP contribution is -2.59. The first kappa shape index (κ1) is 22.4. The van der Waals surface area contributed by atoms with Gasteiger partial charge in [0.2, 0.25) is 5.89 Å². The third-order valence-corrected chi connectivity index (χ3v) is 6.65. The fourth-order valence-corrected chi connectivity index (χ4v) is 4.47. The van der Waals surface area contributed by atoms with Crippen molar-refractivity contribution in [3.63, 3.8) is 0 Å². The van der Waals surface area contributed by atoms with Crippen LogP contribution in [0.15, 0.2) is 52.9 Å². The van der Waals surface area contributed by atoms with Crippen molar-refractivity contribution in [1.29, 1.82) is 0 Å². The minimum atomic E-state index is -2.90. The Morgan fingerprint density at radius 1 is 1.12 bits per heavy atom. The summed E-state index contributed by atoms with van der Waals surface area (Å²) in [6, 6.07) is 13.1. The van der Waals surface area contributed by atoms with E-state index in [1.54, 1.807) is 4.90 Å². The summed E-state index contributed by atoms with van der Waals surface area (Å²) in [4.78, 5) is 16.9. The zero-order valence-corrected chi connectivity index (χ0v) is 18.4. The highest BCUT2D eigenvalue weighted by molar-refractivity contribution is 5.92. The largest absolute Gasteiger partial charge is 0.415 e. The molecular formula is C24H24F3N5O2. The van der Waals surface area contributed by atoms with E-state index in [1.165, 1.54) is 12.1 Å². The first-order valence-electron chi connectivity index (χ1n) is 11.2. The highest BCUT2D eigenvalue weighted by Crippen LogP contribution is 2.35. The van der Waals surface area contributed by atoms with Gasteiger partial charge < -0.3 is 14.6 Å². The number of amides is 2. The number of benzene rings is 2. The lowest BCUT2D eigenvalue weighted by molar-refractivity contribution is 0.0702. The van der Waals surface area contributed by atoms with Crippen LogP contribution in [0.25, 0.3) is 11.5 Å². The second-order valence-electron chi connectivity index (χ2n) is 8.85. The summed E-state index contributed by atoms with van der Waals surface area (Å²) in [5, 5.41) is 10.2. The van der Waals surface area contributed by atoms with Crippen LogP contribution in [0.1, 0.15) is 30.7 Å². The van der Waals surface area contributed by atoms with Crippen molar-refractivity contribution in [2.45, 2.75) is 25.8 Å². The normalized spacial score (nSPS) is 17.1. The number of hydrogen-bond acceptors (Lipinski definition) is 5. The molecule has 0 unspecified atom stereocenters. The van der Waals surface area contributed by atoms with Crippen molar-refractivity contribution in [2.75, 3.05) is 31.1 Å². The van der Waals surface area contributed by atoms with Crippen molar-refractivity contribution >= 4 is 11.7 Å². The fourth-order valence-electron chi connectivity index (χ4n) is 4.47. The first-order chi connectivity index (χ1) is 16.4. The fraction of sp³-hybridized carbons (Fsp3) is 0.375. The smallest absolute Gasteiger partial charge is 0.324 e. The molecule has 7 nitrogen and oxygen atoms in total. The molecular weight excluding hydrogens is 447 g/mol. The summed E-state index contributed by atoms with van der Waals surface area (Å²) < 4.78 is 45.4. The van der Waals surface area contributed by atoms with Gasteiger partial charge in [0.25, 0.3) is 5.89 Å². The van der Waals surface area contributed by atoms with E-state index in [4.69, 9.17) is 4.42 Å². The van der Waals surface area contributed by atoms with Crippen LogP contribution in [0.5, 0.6) is 0 Å². The summed E-state index contributed by atoms with van der Waals surface area (Å²) in [5.74, 6) is -1.60. The number of para-hydroxylation sites is 1. The number of anilines is 1. The zero-order chi connectivity index (χ0) is 23.7. The average Bonchev–Trinajstić information content (AvgIpc) is 3.33. The molecule has 5 rings (SSSR count). The SMILES string of the molecule is O=C(N1CCC2(CC1)CNC2)N(Cc1ccc(-c2nnc(C(F)F)o2)cc1F)c1ccccc1. The lowest BCUT2D eigenvalue weighted by atomic mass is 9.73. The van der Waals surface area contributed by atoms with Crippen LogP contribution >= 0.6 is 0 Å². The number of urea groups is 1. The maximum absolute atomic E-state index is 15.0. The molecule has 2 aliphatic rings. The Balaban J connectivity index is 1.36. The van der Waals surface area contributed by atoms with Crippen LogP contribution in [-0.4, -0.2) is 47.3 Å². The number of hydrogen-bond donors (Lipinski definition) is 1. The Kier molecular flexibility index (Phi) is 5.99. The Hall–Kier alpha value is -3.40. The highest BCUT2D eigenvalue weighted by Gasteiger charge is 2.41. The predicted molar refractivity (Wildman–Crippen MR) is 119 cm³/mol. The minimum absolute atomic E-state index is 0.0181. The van der Waals surface area contributed by atoms with E-state index < -0.39 is 18.1 Å². The van der Waals surface area contributed by atoms with Gasteiger partial charge in [-0.05, 0) is 42.5 Å². The molecule has 2 aromatic carbocycles. The first-order valence-corrected chi connectivity index (χ1v) is 11.2. The van der Waals surface area contributed by atoms with E-state index in [9.17, 15) is 13.6 Å². The van der Waals surface area contributed by atoms with E-state index >= 15 is 4.39 Å². The van der Waals surface area contributed by atoms with Crippen molar-refractivity contribution in [3.05, 3.63) is 65.8 Å². The number of carbonyl (C=O) groups is 1. The van der Waals surface area contributed by atoms with Gasteiger partial charge in [-0.3, -0.25) is 4.90 Å². The third kappa shape index (κ3) is 4.37. The number of rotatable bonds is 5. The molecule has 2 amide bonds. The van der Waals surface area contributed by atoms with E-state index in [1.807, 2.05) is 35.2 Å². The van der Waals surface area contributed by atoms with Crippen molar-refractivity contribution in [1.82, 2.24) is 20.4 Å². The molecule has 1 aromatic heterocycles. The van der Waals surface area contributed by atoms with E-state index in [0.29, 0.717) is 24.2 Å². The number of likely N-dealkylation sites (tertiary alicyclic amines) is 1. The highest BCUT2D eigenvalue weighted by atomic mass is 19.3. The third-order valence-electron chi connectivity index (χ3n) is 6.65. The van der Waals surface area contributed by atoms with E-state index in [2.05, 4.69) is 15.5 Å². The Morgan fingerprint density at radius 3 is 2.44 bits per heavy atom. The molecule has 10 heteroatoms. The predicted octanol–water partition coefficient (Wildman–Crippen LogP) is 4.63. The number of aromatic nitrogens is 2. The van der Waals surface area contributed by atoms with Gasteiger partial charge in [-0.1, -0.05) is 24.3 Å². The Bertz CT molecular complexity index is 1160. The van der Waals surface area contributed by atoms with Gasteiger partial charge >= 0.3 is 12.5 Å². The van der Waals surface area contributed by atoms with E-state index in [-0.39, 0.29) is 29.6 Å². The summed E-state index contributed by atoms with van der Waals surface area (Å²) in [7, 11) is 0. The van der Waals surface area contributed by atoms with Gasteiger partial charge in [-0.25, -0.2) is 9.18 Å². The van der Waals surface area contributed by atoms with Crippen LogP contribution in [0.4, 0.5) is 23.7 Å². The number of nitrogens with zero attached hydrogens (tertiary/aromatic N) is 4. The summed E-state index contributed by atoms with van der Waals surface area (Å²) in [6.45, 7) is 3.33. The van der Waals surface area contributed by atoms with Crippen LogP contribution in [0, 0.1) is 11.2 Å². The quantitative estimate of drug-likeness (QED) is 0.588. The maximum atomic E-state index is 15.0. The van der Waals surface area contributed by atoms with Gasteiger partial charge in [-0.2, -0.15) is 8.78 Å². The van der Waals surface area contributed by atoms with Crippen LogP contribution in [0.3, 0.4) is 0 Å². The molecule has 34 heavy (non-hydrogen) atoms. The molecule has 2 aliphatic heterocycles. The molecule has 0 bridgehead atoms. The number of piperidine rings is 1. The monoisotopic (exact) mass is 471 g/mol. The van der Waals surface area contributed by atoms with Crippen LogP contribution < -0.4 is 10.2 Å². The Morgan fingerprint density at radius 2 is 1.85 bits per heavy atom. The molecule has 3 heterocycles. The zero-order valence-electron chi connectivity index (χ0n) is 18.4. The molecule has 2 fully saturated rings. The van der Waals surface area contributed by atoms with Crippen LogP contribution in [-0.2, 0) is 6.54 Å². The summed E-state index contributed by atoms with van der Waals surface area (Å²) >= 11 is 0. The van der Waals surface area contributed by atoms with Gasteiger partial charge in [0.1, 0.15) is 5.82 Å². The number of nitrogens with one attached hydrogen (secondary N) is 1. The molecule has 0 aliphatic carbocycles. The van der Waals surface area contributed by atoms with Gasteiger partial charge in [0.15, 0.2) is 0 Å². The van der Waals surface area contributed by atoms with Gasteiger partial charge in [-0.15, -0.1) is 10.2 Å². The standard InChI is InChI=1S/C24H24F3N5O2/c25-19-12-16(21-29-30-22(34-21)20(26)27)6-7-17(19)13-32(18-4-2-1-3-5-18)23(33)31-10-8-24(9-11-31)14-28-15-24/h1-7,12,20,28H,8-11,13-15H2. The van der Waals surface area contributed by atoms with Crippen molar-refractivity contribution in [2.24, 2.45) is 5.41 Å². The molecule has 0 saturated carbocycles. The number of alkyl halides is 2. The van der Waals surface area contributed by atoms with Gasteiger partial charge in [0, 0.05) is 43.0 Å². The molecule has 178 valence electrons. The van der Waals surface area contributed by atoms with Crippen molar-refractivity contribution < 1.29 is 22.4 Å². The van der Waals surface area contributed by atoms with Crippen LogP contribution in [0.2, 0.25) is 0 Å². The molecule has 0 radical (unpaired) electrons. The molecule has 1 N–H and O–H groups in total. The topological polar surface area (TPSA) is 74.5 Å².